The number of aliphatic imine (C=N–C) groups is 1. The van der Waals surface area contributed by atoms with Crippen LogP contribution in [0.3, 0.4) is 0 Å². The Morgan fingerprint density at radius 1 is 1.38 bits per heavy atom. The number of guanidine groups is 1. The second-order valence-corrected chi connectivity index (χ2v) is 6.59. The number of hydrogen-bond acceptors (Lipinski definition) is 5. The molecular formula is C18H24F3N7O. The molecule has 11 heteroatoms. The molecule has 0 spiro atoms. The molecule has 0 fully saturated rings. The third-order valence-electron chi connectivity index (χ3n) is 4.49. The number of hydrogen-bond donors (Lipinski definition) is 2. The van der Waals surface area contributed by atoms with E-state index in [9.17, 15) is 13.2 Å². The van der Waals surface area contributed by atoms with E-state index < -0.39 is 11.7 Å². The maximum absolute atomic E-state index is 12.5. The predicted molar refractivity (Wildman–Crippen MR) is 101 cm³/mol. The van der Waals surface area contributed by atoms with E-state index in [1.807, 2.05) is 11.6 Å². The van der Waals surface area contributed by atoms with Gasteiger partial charge >= 0.3 is 6.18 Å². The van der Waals surface area contributed by atoms with Gasteiger partial charge in [-0.3, -0.25) is 4.99 Å². The van der Waals surface area contributed by atoms with E-state index >= 15 is 0 Å². The molecule has 1 aliphatic heterocycles. The van der Waals surface area contributed by atoms with Crippen molar-refractivity contribution in [2.45, 2.75) is 44.9 Å². The maximum atomic E-state index is 12.5. The van der Waals surface area contributed by atoms with Gasteiger partial charge in [-0.1, -0.05) is 6.92 Å². The summed E-state index contributed by atoms with van der Waals surface area (Å²) >= 11 is 0. The van der Waals surface area contributed by atoms with E-state index in [4.69, 9.17) is 4.74 Å². The topological polar surface area (TPSA) is 89.2 Å². The number of nitrogens with zero attached hydrogens (tertiary/aromatic N) is 5. The van der Waals surface area contributed by atoms with Gasteiger partial charge in [-0.2, -0.15) is 18.3 Å². The van der Waals surface area contributed by atoms with E-state index in [2.05, 4.69) is 30.7 Å². The zero-order chi connectivity index (χ0) is 20.9. The van der Waals surface area contributed by atoms with Gasteiger partial charge in [0.25, 0.3) is 0 Å². The molecular weight excluding hydrogens is 387 g/mol. The van der Waals surface area contributed by atoms with Crippen molar-refractivity contribution in [3.8, 4) is 5.88 Å². The van der Waals surface area contributed by atoms with Crippen LogP contribution in [0.1, 0.15) is 30.6 Å². The van der Waals surface area contributed by atoms with Crippen molar-refractivity contribution in [1.82, 2.24) is 30.4 Å². The number of ether oxygens (including phenoxy) is 1. The number of aryl methyl sites for hydroxylation is 2. The van der Waals surface area contributed by atoms with Crippen molar-refractivity contribution in [2.75, 3.05) is 20.2 Å². The summed E-state index contributed by atoms with van der Waals surface area (Å²) in [6, 6.07) is 2.33. The molecule has 0 bridgehead atoms. The van der Waals surface area contributed by atoms with Gasteiger partial charge in [-0.15, -0.1) is 0 Å². The Bertz CT molecular complexity index is 833. The maximum Gasteiger partial charge on any atom is 0.417 e. The molecule has 29 heavy (non-hydrogen) atoms. The van der Waals surface area contributed by atoms with Crippen molar-refractivity contribution in [3.05, 3.63) is 35.5 Å². The van der Waals surface area contributed by atoms with Crippen LogP contribution in [0.2, 0.25) is 0 Å². The molecule has 0 aromatic carbocycles. The summed E-state index contributed by atoms with van der Waals surface area (Å²) in [7, 11) is 1.67. The summed E-state index contributed by atoms with van der Waals surface area (Å²) in [5, 5.41) is 11.0. The molecule has 158 valence electrons. The molecule has 0 radical (unpaired) electrons. The molecule has 2 aromatic heterocycles. The fraction of sp³-hybridized carbons (Fsp3) is 0.556. The van der Waals surface area contributed by atoms with Crippen LogP contribution >= 0.6 is 0 Å². The number of fused-ring (bicyclic) bond motifs is 1. The van der Waals surface area contributed by atoms with Crippen LogP contribution in [0.15, 0.2) is 23.3 Å². The number of rotatable bonds is 6. The van der Waals surface area contributed by atoms with E-state index in [-0.39, 0.29) is 18.5 Å². The first-order valence-corrected chi connectivity index (χ1v) is 9.45. The summed E-state index contributed by atoms with van der Waals surface area (Å²) in [5.74, 6) is 2.64. The first-order chi connectivity index (χ1) is 13.9. The fourth-order valence-electron chi connectivity index (χ4n) is 2.97. The van der Waals surface area contributed by atoms with Gasteiger partial charge in [0.15, 0.2) is 11.8 Å². The lowest BCUT2D eigenvalue weighted by Crippen LogP contribution is -2.47. The third-order valence-corrected chi connectivity index (χ3v) is 4.49. The molecule has 8 nitrogen and oxygen atoms in total. The SMILES string of the molecule is CCc1nc2n(n1)CC(NC(=NC)NCCOc1ccc(C(F)(F)F)cn1)CC2. The van der Waals surface area contributed by atoms with Crippen molar-refractivity contribution in [1.29, 1.82) is 0 Å². The zero-order valence-corrected chi connectivity index (χ0v) is 16.3. The van der Waals surface area contributed by atoms with Crippen LogP contribution in [0.5, 0.6) is 5.88 Å². The molecule has 0 saturated heterocycles. The Morgan fingerprint density at radius 2 is 2.21 bits per heavy atom. The van der Waals surface area contributed by atoms with E-state index in [1.54, 1.807) is 7.05 Å². The van der Waals surface area contributed by atoms with Crippen molar-refractivity contribution in [3.63, 3.8) is 0 Å². The highest BCUT2D eigenvalue weighted by Crippen LogP contribution is 2.29. The van der Waals surface area contributed by atoms with Gasteiger partial charge in [0.2, 0.25) is 5.88 Å². The molecule has 0 aliphatic carbocycles. The highest BCUT2D eigenvalue weighted by atomic mass is 19.4. The first-order valence-electron chi connectivity index (χ1n) is 9.45. The fourth-order valence-corrected chi connectivity index (χ4v) is 2.97. The van der Waals surface area contributed by atoms with Gasteiger partial charge in [-0.05, 0) is 12.5 Å². The lowest BCUT2D eigenvalue weighted by atomic mass is 10.1. The summed E-state index contributed by atoms with van der Waals surface area (Å²) < 4.78 is 44.9. The predicted octanol–water partition coefficient (Wildman–Crippen LogP) is 1.81. The lowest BCUT2D eigenvalue weighted by Gasteiger charge is -2.25. The minimum Gasteiger partial charge on any atom is -0.476 e. The second-order valence-electron chi connectivity index (χ2n) is 6.59. The van der Waals surface area contributed by atoms with Crippen LogP contribution in [0.25, 0.3) is 0 Å². The quantitative estimate of drug-likeness (QED) is 0.428. The molecule has 1 atom stereocenters. The Labute approximate surface area is 166 Å². The number of nitrogens with one attached hydrogen (secondary N) is 2. The second kappa shape index (κ2) is 9.10. The Morgan fingerprint density at radius 3 is 2.86 bits per heavy atom. The Hall–Kier alpha value is -2.85. The third kappa shape index (κ3) is 5.58. The van der Waals surface area contributed by atoms with Gasteiger partial charge in [0, 0.05) is 38.2 Å². The van der Waals surface area contributed by atoms with Gasteiger partial charge in [0.05, 0.1) is 18.7 Å². The van der Waals surface area contributed by atoms with E-state index in [1.165, 1.54) is 6.07 Å². The van der Waals surface area contributed by atoms with Crippen LogP contribution in [0, 0.1) is 0 Å². The van der Waals surface area contributed by atoms with Crippen LogP contribution in [-0.4, -0.2) is 51.9 Å². The Kier molecular flexibility index (Phi) is 6.55. The highest BCUT2D eigenvalue weighted by molar-refractivity contribution is 5.79. The molecule has 2 N–H and O–H groups in total. The highest BCUT2D eigenvalue weighted by Gasteiger charge is 2.30. The first kappa shape index (κ1) is 20.9. The van der Waals surface area contributed by atoms with Crippen LogP contribution in [0.4, 0.5) is 13.2 Å². The lowest BCUT2D eigenvalue weighted by molar-refractivity contribution is -0.137. The standard InChI is InChI=1S/C18H24F3N7O/c1-3-14-26-15-6-5-13(11-28(15)27-14)25-17(22-2)23-8-9-29-16-7-4-12(10-24-16)18(19,20)21/h4,7,10,13H,3,5-6,8-9,11H2,1-2H3,(H2,22,23,25). The summed E-state index contributed by atoms with van der Waals surface area (Å²) in [4.78, 5) is 12.4. The van der Waals surface area contributed by atoms with Gasteiger partial charge in [-0.25, -0.2) is 14.6 Å². The van der Waals surface area contributed by atoms with Crippen molar-refractivity contribution >= 4 is 5.96 Å². The molecule has 1 unspecified atom stereocenters. The average Bonchev–Trinajstić information content (AvgIpc) is 3.12. The molecule has 3 rings (SSSR count). The summed E-state index contributed by atoms with van der Waals surface area (Å²) in [6.45, 7) is 3.40. The largest absolute Gasteiger partial charge is 0.476 e. The van der Waals surface area contributed by atoms with E-state index in [0.29, 0.717) is 12.5 Å². The minimum absolute atomic E-state index is 0.139. The summed E-state index contributed by atoms with van der Waals surface area (Å²) in [5.41, 5.74) is -0.804. The minimum atomic E-state index is -4.41. The number of alkyl halides is 3. The van der Waals surface area contributed by atoms with Gasteiger partial charge in [0.1, 0.15) is 12.4 Å². The normalized spacial score (nSPS) is 17.0. The average molecular weight is 411 g/mol. The smallest absolute Gasteiger partial charge is 0.417 e. The van der Waals surface area contributed by atoms with Crippen molar-refractivity contribution < 1.29 is 17.9 Å². The van der Waals surface area contributed by atoms with Crippen LogP contribution in [-0.2, 0) is 25.6 Å². The molecule has 0 saturated carbocycles. The van der Waals surface area contributed by atoms with Crippen LogP contribution < -0.4 is 15.4 Å². The summed E-state index contributed by atoms with van der Waals surface area (Å²) in [6.07, 6.45) is -1.06. The number of pyridine rings is 1. The zero-order valence-electron chi connectivity index (χ0n) is 16.3. The monoisotopic (exact) mass is 411 g/mol. The Balaban J connectivity index is 1.42. The number of halogens is 3. The van der Waals surface area contributed by atoms with E-state index in [0.717, 1.165) is 49.7 Å². The number of aromatic nitrogens is 4. The van der Waals surface area contributed by atoms with Crippen molar-refractivity contribution in [2.24, 2.45) is 4.99 Å². The molecule has 1 aliphatic rings. The van der Waals surface area contributed by atoms with Gasteiger partial charge < -0.3 is 15.4 Å². The molecule has 0 amide bonds. The molecule has 3 heterocycles. The molecule has 2 aromatic rings.